The van der Waals surface area contributed by atoms with Gasteiger partial charge in [-0.2, -0.15) is 0 Å². The molecule has 0 amide bonds. The first kappa shape index (κ1) is 20.2. The molecule has 0 bridgehead atoms. The summed E-state index contributed by atoms with van der Waals surface area (Å²) >= 11 is 0. The molecule has 3 aromatic carbocycles. The van der Waals surface area contributed by atoms with Crippen LogP contribution in [0.15, 0.2) is 84.9 Å². The molecule has 0 saturated carbocycles. The normalized spacial score (nSPS) is 11.3. The fraction of sp³-hybridized carbons (Fsp3) is 0.160. The molecule has 0 aliphatic rings. The van der Waals surface area contributed by atoms with E-state index >= 15 is 0 Å². The van der Waals surface area contributed by atoms with Crippen LogP contribution in [-0.4, -0.2) is 20.2 Å². The largest absolute Gasteiger partial charge is 0.497 e. The predicted octanol–water partition coefficient (Wildman–Crippen LogP) is 5.44. The smallest absolute Gasteiger partial charge is 0.303 e. The molecule has 0 aliphatic heterocycles. The molecule has 29 heavy (non-hydrogen) atoms. The van der Waals surface area contributed by atoms with Crippen LogP contribution in [0.25, 0.3) is 5.57 Å². The molecule has 0 aromatic heterocycles. The van der Waals surface area contributed by atoms with Gasteiger partial charge in [0.05, 0.1) is 14.2 Å². The van der Waals surface area contributed by atoms with Crippen LogP contribution in [0, 0.1) is 0 Å². The van der Waals surface area contributed by atoms with Crippen LogP contribution in [-0.2, 0) is 9.53 Å². The van der Waals surface area contributed by atoms with Crippen molar-refractivity contribution < 1.29 is 19.0 Å². The molecule has 0 N–H and O–H groups in total. The summed E-state index contributed by atoms with van der Waals surface area (Å²) in [6, 6.07) is 25.3. The second kappa shape index (κ2) is 9.60. The summed E-state index contributed by atoms with van der Waals surface area (Å²) in [5.41, 5.74) is 3.83. The van der Waals surface area contributed by atoms with Crippen LogP contribution in [0.2, 0.25) is 0 Å². The molecule has 4 nitrogen and oxygen atoms in total. The molecular weight excluding hydrogens is 364 g/mol. The number of rotatable bonds is 7. The van der Waals surface area contributed by atoms with Crippen LogP contribution in [0.1, 0.15) is 29.7 Å². The van der Waals surface area contributed by atoms with E-state index in [1.54, 1.807) is 14.2 Å². The molecule has 0 spiro atoms. The van der Waals surface area contributed by atoms with Crippen LogP contribution in [0.4, 0.5) is 0 Å². The molecule has 3 aromatic rings. The van der Waals surface area contributed by atoms with Gasteiger partial charge in [-0.3, -0.25) is 4.79 Å². The first-order valence-corrected chi connectivity index (χ1v) is 9.33. The van der Waals surface area contributed by atoms with E-state index in [1.165, 1.54) is 6.92 Å². The van der Waals surface area contributed by atoms with Crippen molar-refractivity contribution in [3.05, 3.63) is 102 Å². The molecule has 1 unspecified atom stereocenters. The minimum absolute atomic E-state index is 0.334. The maximum Gasteiger partial charge on any atom is 0.303 e. The van der Waals surface area contributed by atoms with Crippen molar-refractivity contribution in [2.45, 2.75) is 13.0 Å². The Morgan fingerprint density at radius 3 is 1.66 bits per heavy atom. The Morgan fingerprint density at radius 1 is 0.759 bits per heavy atom. The van der Waals surface area contributed by atoms with Gasteiger partial charge in [0, 0.05) is 6.92 Å². The summed E-state index contributed by atoms with van der Waals surface area (Å²) in [7, 11) is 3.28. The van der Waals surface area contributed by atoms with Gasteiger partial charge < -0.3 is 14.2 Å². The Balaban J connectivity index is 2.11. The fourth-order valence-corrected chi connectivity index (χ4v) is 3.07. The summed E-state index contributed by atoms with van der Waals surface area (Å²) in [5, 5.41) is 0. The molecule has 0 saturated heterocycles. The van der Waals surface area contributed by atoms with Crippen molar-refractivity contribution in [1.29, 1.82) is 0 Å². The lowest BCUT2D eigenvalue weighted by atomic mass is 9.94. The topological polar surface area (TPSA) is 44.8 Å². The second-order valence-electron chi connectivity index (χ2n) is 6.48. The van der Waals surface area contributed by atoms with Gasteiger partial charge in [-0.15, -0.1) is 0 Å². The van der Waals surface area contributed by atoms with Gasteiger partial charge in [0.15, 0.2) is 0 Å². The first-order chi connectivity index (χ1) is 14.1. The quantitative estimate of drug-likeness (QED) is 0.506. The lowest BCUT2D eigenvalue weighted by Crippen LogP contribution is -2.07. The predicted molar refractivity (Wildman–Crippen MR) is 114 cm³/mol. The van der Waals surface area contributed by atoms with Crippen molar-refractivity contribution in [3.8, 4) is 11.5 Å². The molecule has 0 radical (unpaired) electrons. The van der Waals surface area contributed by atoms with Gasteiger partial charge in [-0.1, -0.05) is 54.6 Å². The van der Waals surface area contributed by atoms with E-state index in [0.29, 0.717) is 0 Å². The summed E-state index contributed by atoms with van der Waals surface area (Å²) in [5.74, 6) is 1.23. The molecule has 0 aliphatic carbocycles. The maximum atomic E-state index is 11.8. The Hall–Kier alpha value is -3.53. The average molecular weight is 388 g/mol. The number of benzene rings is 3. The highest BCUT2D eigenvalue weighted by molar-refractivity contribution is 5.81. The van der Waals surface area contributed by atoms with Crippen LogP contribution >= 0.6 is 0 Å². The van der Waals surface area contributed by atoms with Crippen LogP contribution in [0.5, 0.6) is 11.5 Å². The third kappa shape index (κ3) is 5.26. The third-order valence-corrected chi connectivity index (χ3v) is 4.54. The highest BCUT2D eigenvalue weighted by Gasteiger charge is 2.15. The van der Waals surface area contributed by atoms with Crippen molar-refractivity contribution in [2.24, 2.45) is 0 Å². The van der Waals surface area contributed by atoms with Gasteiger partial charge in [0.1, 0.15) is 17.6 Å². The number of carbonyl (C=O) groups excluding carboxylic acids is 1. The van der Waals surface area contributed by atoms with E-state index in [0.717, 1.165) is 33.8 Å². The summed E-state index contributed by atoms with van der Waals surface area (Å²) in [6.45, 7) is 1.42. The van der Waals surface area contributed by atoms with E-state index in [-0.39, 0.29) is 5.97 Å². The van der Waals surface area contributed by atoms with Crippen molar-refractivity contribution in [3.63, 3.8) is 0 Å². The summed E-state index contributed by atoms with van der Waals surface area (Å²) in [4.78, 5) is 11.8. The number of esters is 1. The van der Waals surface area contributed by atoms with E-state index < -0.39 is 6.10 Å². The number of hydrogen-bond acceptors (Lipinski definition) is 4. The van der Waals surface area contributed by atoms with Crippen molar-refractivity contribution in [1.82, 2.24) is 0 Å². The van der Waals surface area contributed by atoms with Crippen LogP contribution < -0.4 is 9.47 Å². The summed E-state index contributed by atoms with van der Waals surface area (Å²) < 4.78 is 16.2. The van der Waals surface area contributed by atoms with Crippen molar-refractivity contribution >= 4 is 11.5 Å². The highest BCUT2D eigenvalue weighted by atomic mass is 16.5. The molecular formula is C25H24O4. The molecule has 148 valence electrons. The zero-order valence-electron chi connectivity index (χ0n) is 16.8. The zero-order valence-corrected chi connectivity index (χ0v) is 16.8. The number of hydrogen-bond donors (Lipinski definition) is 0. The lowest BCUT2D eigenvalue weighted by molar-refractivity contribution is -0.144. The maximum absolute atomic E-state index is 11.8. The Kier molecular flexibility index (Phi) is 6.69. The highest BCUT2D eigenvalue weighted by Crippen LogP contribution is 2.31. The van der Waals surface area contributed by atoms with E-state index in [1.807, 2.05) is 84.9 Å². The monoisotopic (exact) mass is 388 g/mol. The average Bonchev–Trinajstić information content (AvgIpc) is 2.77. The first-order valence-electron chi connectivity index (χ1n) is 9.33. The summed E-state index contributed by atoms with van der Waals surface area (Å²) in [6.07, 6.45) is 1.47. The zero-order chi connectivity index (χ0) is 20.6. The third-order valence-electron chi connectivity index (χ3n) is 4.54. The van der Waals surface area contributed by atoms with Crippen molar-refractivity contribution in [2.75, 3.05) is 14.2 Å². The van der Waals surface area contributed by atoms with Crippen LogP contribution in [0.3, 0.4) is 0 Å². The van der Waals surface area contributed by atoms with E-state index in [9.17, 15) is 4.79 Å². The molecule has 1 atom stereocenters. The molecule has 3 rings (SSSR count). The van der Waals surface area contributed by atoms with Gasteiger partial charge in [-0.05, 0) is 52.6 Å². The molecule has 4 heteroatoms. The van der Waals surface area contributed by atoms with Gasteiger partial charge >= 0.3 is 5.97 Å². The number of ether oxygens (including phenoxy) is 3. The van der Waals surface area contributed by atoms with Gasteiger partial charge in [0.25, 0.3) is 0 Å². The van der Waals surface area contributed by atoms with E-state index in [4.69, 9.17) is 14.2 Å². The Labute approximate surface area is 171 Å². The Morgan fingerprint density at radius 2 is 1.24 bits per heavy atom. The number of carbonyl (C=O) groups is 1. The standard InChI is InChI=1S/C25H24O4/c1-18(26)29-25(21-7-5-4-6-8-21)17-24(19-9-13-22(27-2)14-10-19)20-11-15-23(28-3)16-12-20/h4-17,25H,1-3H3. The fourth-order valence-electron chi connectivity index (χ4n) is 3.07. The SMILES string of the molecule is COc1ccc(C(=CC(OC(C)=O)c2ccccc2)c2ccc(OC)cc2)cc1. The second-order valence-corrected chi connectivity index (χ2v) is 6.48. The van der Waals surface area contributed by atoms with E-state index in [2.05, 4.69) is 0 Å². The molecule has 0 heterocycles. The van der Waals surface area contributed by atoms with Gasteiger partial charge in [0.2, 0.25) is 0 Å². The minimum Gasteiger partial charge on any atom is -0.497 e. The Bertz CT molecular complexity index is 908. The van der Waals surface area contributed by atoms with Gasteiger partial charge in [-0.25, -0.2) is 0 Å². The minimum atomic E-state index is -0.507. The molecule has 0 fully saturated rings. The number of methoxy groups -OCH3 is 2. The lowest BCUT2D eigenvalue weighted by Gasteiger charge is -2.17.